The molecule has 0 N–H and O–H groups in total. The Morgan fingerprint density at radius 3 is 2.47 bits per heavy atom. The van der Waals surface area contributed by atoms with Gasteiger partial charge in [-0.1, -0.05) is 0 Å². The van der Waals surface area contributed by atoms with E-state index in [-0.39, 0.29) is 6.09 Å². The molecule has 0 aromatic rings. The summed E-state index contributed by atoms with van der Waals surface area (Å²) < 4.78 is 5.52. The zero-order valence-corrected chi connectivity index (χ0v) is 11.4. The van der Waals surface area contributed by atoms with Gasteiger partial charge in [0.15, 0.2) is 0 Å². The quantitative estimate of drug-likeness (QED) is 0.650. The van der Waals surface area contributed by atoms with Crippen LogP contribution in [0.2, 0.25) is 0 Å². The van der Waals surface area contributed by atoms with Gasteiger partial charge in [0.2, 0.25) is 0 Å². The second-order valence-electron chi connectivity index (χ2n) is 6.32. The number of hydrogen-bond donors (Lipinski definition) is 0. The summed E-state index contributed by atoms with van der Waals surface area (Å²) in [7, 11) is 2.13. The van der Waals surface area contributed by atoms with E-state index in [1.54, 1.807) is 0 Å². The van der Waals surface area contributed by atoms with Gasteiger partial charge in [0.25, 0.3) is 0 Å². The topological polar surface area (TPSA) is 32.8 Å². The van der Waals surface area contributed by atoms with Gasteiger partial charge >= 0.3 is 6.09 Å². The second-order valence-corrected chi connectivity index (χ2v) is 6.32. The summed E-state index contributed by atoms with van der Waals surface area (Å²) in [5.74, 6) is 0. The van der Waals surface area contributed by atoms with Crippen LogP contribution in [0.1, 0.15) is 40.0 Å². The number of nitrogens with zero attached hydrogens (tertiary/aromatic N) is 2. The Balaban J connectivity index is 2.07. The summed E-state index contributed by atoms with van der Waals surface area (Å²) in [6.45, 7) is 7.85. The molecule has 0 spiro atoms. The zero-order valence-electron chi connectivity index (χ0n) is 11.4. The standard InChI is InChI=1S/C13H24N2O2/c1-13(2,3)17-12(16)15-10-5-6-11(15)9-14(4)8-7-10/h10-11H,5-9H2,1-4H3. The number of hydrogen-bond acceptors (Lipinski definition) is 3. The van der Waals surface area contributed by atoms with E-state index in [0.717, 1.165) is 32.4 Å². The lowest BCUT2D eigenvalue weighted by atomic mass is 10.1. The molecule has 0 saturated carbocycles. The molecule has 4 heteroatoms. The van der Waals surface area contributed by atoms with Crippen molar-refractivity contribution >= 4 is 6.09 Å². The number of amides is 1. The van der Waals surface area contributed by atoms with E-state index in [1.807, 2.05) is 25.7 Å². The van der Waals surface area contributed by atoms with Crippen molar-refractivity contribution in [1.29, 1.82) is 0 Å². The van der Waals surface area contributed by atoms with E-state index in [9.17, 15) is 4.79 Å². The minimum absolute atomic E-state index is 0.125. The summed E-state index contributed by atoms with van der Waals surface area (Å²) in [5.41, 5.74) is -0.394. The van der Waals surface area contributed by atoms with Crippen molar-refractivity contribution in [1.82, 2.24) is 9.80 Å². The first-order valence-corrected chi connectivity index (χ1v) is 6.57. The lowest BCUT2D eigenvalue weighted by Crippen LogP contribution is -2.45. The zero-order chi connectivity index (χ0) is 12.6. The first-order valence-electron chi connectivity index (χ1n) is 6.57. The van der Waals surface area contributed by atoms with Crippen LogP contribution in [0.15, 0.2) is 0 Å². The molecule has 0 aliphatic carbocycles. The van der Waals surface area contributed by atoms with Crippen molar-refractivity contribution in [3.8, 4) is 0 Å². The molecule has 2 fully saturated rings. The number of carbonyl (C=O) groups excluding carboxylic acids is 1. The molecule has 2 atom stereocenters. The molecule has 2 rings (SSSR count). The average molecular weight is 240 g/mol. The maximum Gasteiger partial charge on any atom is 0.410 e. The predicted molar refractivity (Wildman–Crippen MR) is 67.0 cm³/mol. The van der Waals surface area contributed by atoms with E-state index in [0.29, 0.717) is 12.1 Å². The Morgan fingerprint density at radius 2 is 1.82 bits per heavy atom. The summed E-state index contributed by atoms with van der Waals surface area (Å²) in [6, 6.07) is 0.738. The van der Waals surface area contributed by atoms with Crippen molar-refractivity contribution in [3.63, 3.8) is 0 Å². The van der Waals surface area contributed by atoms with E-state index in [1.165, 1.54) is 0 Å². The van der Waals surface area contributed by atoms with Crippen molar-refractivity contribution in [2.75, 3.05) is 20.1 Å². The smallest absolute Gasteiger partial charge is 0.410 e. The Kier molecular flexibility index (Phi) is 3.34. The van der Waals surface area contributed by atoms with Crippen LogP contribution in [0.5, 0.6) is 0 Å². The van der Waals surface area contributed by atoms with E-state index < -0.39 is 5.60 Å². The lowest BCUT2D eigenvalue weighted by Gasteiger charge is -2.31. The monoisotopic (exact) mass is 240 g/mol. The lowest BCUT2D eigenvalue weighted by molar-refractivity contribution is 0.0155. The van der Waals surface area contributed by atoms with Crippen LogP contribution in [-0.2, 0) is 4.74 Å². The third kappa shape index (κ3) is 2.92. The molecule has 2 aliphatic rings. The van der Waals surface area contributed by atoms with Gasteiger partial charge < -0.3 is 14.5 Å². The van der Waals surface area contributed by atoms with Gasteiger partial charge in [0, 0.05) is 18.6 Å². The van der Waals surface area contributed by atoms with Crippen molar-refractivity contribution < 1.29 is 9.53 Å². The van der Waals surface area contributed by atoms with E-state index in [4.69, 9.17) is 4.74 Å². The number of likely N-dealkylation sites (N-methyl/N-ethyl adjacent to an activating group) is 1. The van der Waals surface area contributed by atoms with Crippen molar-refractivity contribution in [2.45, 2.75) is 57.7 Å². The molecular formula is C13H24N2O2. The van der Waals surface area contributed by atoms with Crippen molar-refractivity contribution in [2.24, 2.45) is 0 Å². The first-order chi connectivity index (χ1) is 7.87. The van der Waals surface area contributed by atoms with Gasteiger partial charge in [0.05, 0.1) is 0 Å². The molecule has 0 aromatic carbocycles. The van der Waals surface area contributed by atoms with Crippen LogP contribution in [0.25, 0.3) is 0 Å². The van der Waals surface area contributed by atoms with Gasteiger partial charge in [0.1, 0.15) is 5.60 Å². The fourth-order valence-electron chi connectivity index (χ4n) is 2.86. The minimum atomic E-state index is -0.394. The molecule has 0 aromatic heterocycles. The second kappa shape index (κ2) is 4.48. The normalized spacial score (nSPS) is 30.2. The third-order valence-corrected chi connectivity index (χ3v) is 3.59. The highest BCUT2D eigenvalue weighted by molar-refractivity contribution is 5.69. The highest BCUT2D eigenvalue weighted by Gasteiger charge is 2.41. The number of likely N-dealkylation sites (tertiary alicyclic amines) is 1. The molecule has 1 amide bonds. The van der Waals surface area contributed by atoms with Gasteiger partial charge in [-0.3, -0.25) is 0 Å². The molecule has 98 valence electrons. The first kappa shape index (κ1) is 12.7. The number of carbonyl (C=O) groups is 1. The minimum Gasteiger partial charge on any atom is -0.444 e. The van der Waals surface area contributed by atoms with Crippen LogP contribution in [0.4, 0.5) is 4.79 Å². The third-order valence-electron chi connectivity index (χ3n) is 3.59. The van der Waals surface area contributed by atoms with Gasteiger partial charge in [-0.25, -0.2) is 4.79 Å². The molecule has 2 heterocycles. The number of rotatable bonds is 0. The predicted octanol–water partition coefficient (Wildman–Crippen LogP) is 2.09. The van der Waals surface area contributed by atoms with Crippen LogP contribution in [0.3, 0.4) is 0 Å². The maximum absolute atomic E-state index is 12.2. The fourth-order valence-corrected chi connectivity index (χ4v) is 2.86. The molecule has 0 radical (unpaired) electrons. The average Bonchev–Trinajstić information content (AvgIpc) is 2.45. The highest BCUT2D eigenvalue weighted by atomic mass is 16.6. The fraction of sp³-hybridized carbons (Fsp3) is 0.923. The van der Waals surface area contributed by atoms with E-state index >= 15 is 0 Å². The van der Waals surface area contributed by atoms with Crippen LogP contribution in [-0.4, -0.2) is 53.7 Å². The van der Waals surface area contributed by atoms with E-state index in [2.05, 4.69) is 11.9 Å². The molecule has 2 saturated heterocycles. The maximum atomic E-state index is 12.2. The Morgan fingerprint density at radius 1 is 1.18 bits per heavy atom. The number of ether oxygens (including phenoxy) is 1. The van der Waals surface area contributed by atoms with Gasteiger partial charge in [-0.15, -0.1) is 0 Å². The molecular weight excluding hydrogens is 216 g/mol. The molecule has 17 heavy (non-hydrogen) atoms. The van der Waals surface area contributed by atoms with Crippen LogP contribution in [0, 0.1) is 0 Å². The Hall–Kier alpha value is -0.770. The molecule has 4 nitrogen and oxygen atoms in total. The molecule has 2 aliphatic heterocycles. The van der Waals surface area contributed by atoms with Crippen LogP contribution >= 0.6 is 0 Å². The Bertz CT molecular complexity index is 298. The summed E-state index contributed by atoms with van der Waals surface area (Å²) in [6.07, 6.45) is 3.21. The van der Waals surface area contributed by atoms with Crippen molar-refractivity contribution in [3.05, 3.63) is 0 Å². The van der Waals surface area contributed by atoms with Gasteiger partial charge in [-0.2, -0.15) is 0 Å². The number of fused-ring (bicyclic) bond motifs is 2. The Labute approximate surface area is 104 Å². The van der Waals surface area contributed by atoms with Crippen LogP contribution < -0.4 is 0 Å². The SMILES string of the molecule is CN1CCC2CCC(C1)N2C(=O)OC(C)(C)C. The van der Waals surface area contributed by atoms with Gasteiger partial charge in [-0.05, 0) is 53.6 Å². The molecule has 2 bridgehead atoms. The summed E-state index contributed by atoms with van der Waals surface area (Å²) in [4.78, 5) is 16.5. The summed E-state index contributed by atoms with van der Waals surface area (Å²) in [5, 5.41) is 0. The largest absolute Gasteiger partial charge is 0.444 e. The summed E-state index contributed by atoms with van der Waals surface area (Å²) >= 11 is 0. The molecule has 2 unspecified atom stereocenters. The highest BCUT2D eigenvalue weighted by Crippen LogP contribution is 2.31.